The standard InChI is InChI=1S/C14H26N2O2/c1-10-4-2-5-11(8-10)13(14(15)17)16-9-12-6-3-7-18-12/h10-13,16H,2-9H2,1H3,(H2,15,17). The van der Waals surface area contributed by atoms with E-state index in [1.807, 2.05) is 0 Å². The van der Waals surface area contributed by atoms with Crippen molar-refractivity contribution in [2.24, 2.45) is 17.6 Å². The summed E-state index contributed by atoms with van der Waals surface area (Å²) >= 11 is 0. The van der Waals surface area contributed by atoms with Gasteiger partial charge in [0.2, 0.25) is 5.91 Å². The zero-order chi connectivity index (χ0) is 13.0. The molecule has 104 valence electrons. The number of hydrogen-bond acceptors (Lipinski definition) is 3. The number of primary amides is 1. The number of nitrogens with two attached hydrogens (primary N) is 1. The Morgan fingerprint density at radius 1 is 1.39 bits per heavy atom. The van der Waals surface area contributed by atoms with Crippen molar-refractivity contribution in [3.63, 3.8) is 0 Å². The monoisotopic (exact) mass is 254 g/mol. The predicted molar refractivity (Wildman–Crippen MR) is 71.1 cm³/mol. The van der Waals surface area contributed by atoms with Crippen LogP contribution in [-0.2, 0) is 9.53 Å². The van der Waals surface area contributed by atoms with Crippen LogP contribution in [0.1, 0.15) is 45.4 Å². The number of carbonyl (C=O) groups is 1. The van der Waals surface area contributed by atoms with Crippen LogP contribution in [0.2, 0.25) is 0 Å². The van der Waals surface area contributed by atoms with Crippen LogP contribution in [0.15, 0.2) is 0 Å². The second-order valence-electron chi connectivity index (χ2n) is 5.96. The maximum Gasteiger partial charge on any atom is 0.234 e. The van der Waals surface area contributed by atoms with E-state index in [9.17, 15) is 4.79 Å². The summed E-state index contributed by atoms with van der Waals surface area (Å²) in [6, 6.07) is -0.169. The van der Waals surface area contributed by atoms with E-state index in [-0.39, 0.29) is 18.1 Å². The molecule has 1 aliphatic heterocycles. The summed E-state index contributed by atoms with van der Waals surface area (Å²) in [6.07, 6.45) is 7.24. The SMILES string of the molecule is CC1CCCC(C(NCC2CCCO2)C(N)=O)C1. The molecule has 1 aliphatic carbocycles. The average Bonchev–Trinajstić information content (AvgIpc) is 2.82. The van der Waals surface area contributed by atoms with Crippen LogP contribution < -0.4 is 11.1 Å². The molecule has 2 aliphatic rings. The third-order valence-electron chi connectivity index (χ3n) is 4.34. The molecule has 4 heteroatoms. The summed E-state index contributed by atoms with van der Waals surface area (Å²) in [4.78, 5) is 11.6. The highest BCUT2D eigenvalue weighted by Gasteiger charge is 2.30. The number of ether oxygens (including phenoxy) is 1. The molecule has 4 nitrogen and oxygen atoms in total. The molecule has 4 atom stereocenters. The van der Waals surface area contributed by atoms with E-state index in [1.165, 1.54) is 12.8 Å². The van der Waals surface area contributed by atoms with Crippen LogP contribution >= 0.6 is 0 Å². The van der Waals surface area contributed by atoms with Gasteiger partial charge >= 0.3 is 0 Å². The Bertz CT molecular complexity index is 277. The first-order valence-electron chi connectivity index (χ1n) is 7.31. The maximum absolute atomic E-state index is 11.6. The Balaban J connectivity index is 1.84. The van der Waals surface area contributed by atoms with Gasteiger partial charge in [-0.2, -0.15) is 0 Å². The molecule has 3 N–H and O–H groups in total. The topological polar surface area (TPSA) is 64.3 Å². The molecule has 0 spiro atoms. The van der Waals surface area contributed by atoms with Gasteiger partial charge < -0.3 is 15.8 Å². The first kappa shape index (κ1) is 13.8. The normalized spacial score (nSPS) is 34.4. The van der Waals surface area contributed by atoms with Crippen molar-refractivity contribution in [2.45, 2.75) is 57.6 Å². The molecule has 1 heterocycles. The van der Waals surface area contributed by atoms with Crippen molar-refractivity contribution >= 4 is 5.91 Å². The average molecular weight is 254 g/mol. The van der Waals surface area contributed by atoms with E-state index in [2.05, 4.69) is 12.2 Å². The molecule has 1 saturated carbocycles. The van der Waals surface area contributed by atoms with E-state index < -0.39 is 0 Å². The van der Waals surface area contributed by atoms with E-state index in [4.69, 9.17) is 10.5 Å². The summed E-state index contributed by atoms with van der Waals surface area (Å²) in [5.41, 5.74) is 5.56. The van der Waals surface area contributed by atoms with Crippen molar-refractivity contribution in [1.82, 2.24) is 5.32 Å². The maximum atomic E-state index is 11.6. The van der Waals surface area contributed by atoms with Crippen molar-refractivity contribution in [1.29, 1.82) is 0 Å². The van der Waals surface area contributed by atoms with Crippen molar-refractivity contribution in [3.8, 4) is 0 Å². The van der Waals surface area contributed by atoms with Gasteiger partial charge in [0.25, 0.3) is 0 Å². The second-order valence-corrected chi connectivity index (χ2v) is 5.96. The summed E-state index contributed by atoms with van der Waals surface area (Å²) < 4.78 is 5.58. The van der Waals surface area contributed by atoms with Gasteiger partial charge in [-0.25, -0.2) is 0 Å². The third-order valence-corrected chi connectivity index (χ3v) is 4.34. The summed E-state index contributed by atoms with van der Waals surface area (Å²) in [5, 5.41) is 3.35. The van der Waals surface area contributed by atoms with Crippen molar-refractivity contribution in [3.05, 3.63) is 0 Å². The Hall–Kier alpha value is -0.610. The zero-order valence-electron chi connectivity index (χ0n) is 11.4. The summed E-state index contributed by atoms with van der Waals surface area (Å²) in [6.45, 7) is 3.89. The van der Waals surface area contributed by atoms with Crippen LogP contribution in [0.4, 0.5) is 0 Å². The molecular formula is C14H26N2O2. The number of hydrogen-bond donors (Lipinski definition) is 2. The van der Waals surface area contributed by atoms with Gasteiger partial charge in [0.15, 0.2) is 0 Å². The number of carbonyl (C=O) groups excluding carboxylic acids is 1. The molecule has 1 saturated heterocycles. The number of nitrogens with one attached hydrogen (secondary N) is 1. The van der Waals surface area contributed by atoms with Gasteiger partial charge in [-0.05, 0) is 37.5 Å². The van der Waals surface area contributed by atoms with Crippen LogP contribution in [0.5, 0.6) is 0 Å². The fourth-order valence-electron chi connectivity index (χ4n) is 3.35. The molecular weight excluding hydrogens is 228 g/mol. The summed E-state index contributed by atoms with van der Waals surface area (Å²) in [5.74, 6) is 0.926. The van der Waals surface area contributed by atoms with Gasteiger partial charge in [0.05, 0.1) is 12.1 Å². The predicted octanol–water partition coefficient (Wildman–Crippen LogP) is 1.44. The minimum Gasteiger partial charge on any atom is -0.377 e. The lowest BCUT2D eigenvalue weighted by Gasteiger charge is -2.32. The summed E-state index contributed by atoms with van der Waals surface area (Å²) in [7, 11) is 0. The number of rotatable bonds is 5. The lowest BCUT2D eigenvalue weighted by Crippen LogP contribution is -2.49. The van der Waals surface area contributed by atoms with E-state index in [1.54, 1.807) is 0 Å². The van der Waals surface area contributed by atoms with Gasteiger partial charge in [0.1, 0.15) is 0 Å². The number of amides is 1. The van der Waals surface area contributed by atoms with Gasteiger partial charge in [0, 0.05) is 13.2 Å². The Morgan fingerprint density at radius 2 is 2.22 bits per heavy atom. The fraction of sp³-hybridized carbons (Fsp3) is 0.929. The van der Waals surface area contributed by atoms with Crippen LogP contribution in [-0.4, -0.2) is 31.2 Å². The lowest BCUT2D eigenvalue weighted by molar-refractivity contribution is -0.121. The van der Waals surface area contributed by atoms with Crippen molar-refractivity contribution < 1.29 is 9.53 Å². The smallest absolute Gasteiger partial charge is 0.234 e. The molecule has 2 rings (SSSR count). The van der Waals surface area contributed by atoms with Crippen LogP contribution in [0, 0.1) is 11.8 Å². The first-order valence-corrected chi connectivity index (χ1v) is 7.31. The first-order chi connectivity index (χ1) is 8.66. The van der Waals surface area contributed by atoms with Gasteiger partial charge in [-0.3, -0.25) is 4.79 Å². The Labute approximate surface area is 110 Å². The molecule has 0 aromatic heterocycles. The molecule has 0 aromatic rings. The van der Waals surface area contributed by atoms with Crippen LogP contribution in [0.3, 0.4) is 0 Å². The van der Waals surface area contributed by atoms with Gasteiger partial charge in [-0.1, -0.05) is 19.8 Å². The quantitative estimate of drug-likeness (QED) is 0.780. The highest BCUT2D eigenvalue weighted by Crippen LogP contribution is 2.30. The van der Waals surface area contributed by atoms with E-state index in [0.717, 1.165) is 44.8 Å². The molecule has 2 fully saturated rings. The van der Waals surface area contributed by atoms with Crippen molar-refractivity contribution in [2.75, 3.05) is 13.2 Å². The Kier molecular flexibility index (Phi) is 5.01. The molecule has 1 amide bonds. The largest absolute Gasteiger partial charge is 0.377 e. The minimum absolute atomic E-state index is 0.169. The third kappa shape index (κ3) is 3.69. The molecule has 0 bridgehead atoms. The fourth-order valence-corrected chi connectivity index (χ4v) is 3.35. The molecule has 0 radical (unpaired) electrons. The minimum atomic E-state index is -0.202. The van der Waals surface area contributed by atoms with E-state index in [0.29, 0.717) is 5.92 Å². The highest BCUT2D eigenvalue weighted by molar-refractivity contribution is 5.80. The highest BCUT2D eigenvalue weighted by atomic mass is 16.5. The van der Waals surface area contributed by atoms with Gasteiger partial charge in [-0.15, -0.1) is 0 Å². The zero-order valence-corrected chi connectivity index (χ0v) is 11.4. The lowest BCUT2D eigenvalue weighted by atomic mass is 9.78. The van der Waals surface area contributed by atoms with E-state index >= 15 is 0 Å². The second kappa shape index (κ2) is 6.53. The molecule has 0 aromatic carbocycles. The molecule has 4 unspecified atom stereocenters. The Morgan fingerprint density at radius 3 is 2.83 bits per heavy atom. The van der Waals surface area contributed by atoms with Crippen LogP contribution in [0.25, 0.3) is 0 Å². The molecule has 18 heavy (non-hydrogen) atoms.